The summed E-state index contributed by atoms with van der Waals surface area (Å²) in [6.45, 7) is 4.82. The van der Waals surface area contributed by atoms with Crippen LogP contribution in [-0.4, -0.2) is 121 Å². The van der Waals surface area contributed by atoms with Crippen molar-refractivity contribution in [3.63, 3.8) is 0 Å². The van der Waals surface area contributed by atoms with Crippen LogP contribution in [0.15, 0.2) is 30.3 Å². The number of fused-ring (bicyclic) bond motifs is 2. The second-order valence-electron chi connectivity index (χ2n) is 14.2. The molecule has 5 saturated carbocycles. The van der Waals surface area contributed by atoms with Crippen molar-refractivity contribution in [1.29, 1.82) is 0 Å². The maximum atomic E-state index is 13.6. The monoisotopic (exact) mass is 615 g/mol. The molecule has 44 heavy (non-hydrogen) atoms. The summed E-state index contributed by atoms with van der Waals surface area (Å²) in [5, 5.41) is 36.5. The lowest BCUT2D eigenvalue weighted by atomic mass is 9.42. The van der Waals surface area contributed by atoms with Crippen molar-refractivity contribution >= 4 is 11.9 Å². The number of aliphatic hydroxyl groups is 3. The number of rotatable bonds is 8. The van der Waals surface area contributed by atoms with E-state index in [0.29, 0.717) is 25.1 Å². The van der Waals surface area contributed by atoms with E-state index in [0.717, 1.165) is 0 Å². The highest BCUT2D eigenvalue weighted by molar-refractivity contribution is 5.89. The highest BCUT2D eigenvalue weighted by Gasteiger charge is 2.91. The van der Waals surface area contributed by atoms with E-state index in [9.17, 15) is 24.9 Å². The van der Waals surface area contributed by atoms with Crippen LogP contribution in [0.4, 0.5) is 0 Å². The number of carbonyl (C=O) groups is 2. The zero-order valence-corrected chi connectivity index (χ0v) is 26.0. The molecule has 1 saturated heterocycles. The van der Waals surface area contributed by atoms with Gasteiger partial charge in [-0.3, -0.25) is 9.69 Å². The first kappa shape index (κ1) is 30.5. The number of nitrogens with zero attached hydrogens (tertiary/aromatic N) is 1. The third-order valence-electron chi connectivity index (χ3n) is 12.8. The molecule has 14 atom stereocenters. The van der Waals surface area contributed by atoms with E-state index in [4.69, 9.17) is 23.7 Å². The predicted molar refractivity (Wildman–Crippen MR) is 154 cm³/mol. The lowest BCUT2D eigenvalue weighted by Gasteiger charge is -2.70. The summed E-state index contributed by atoms with van der Waals surface area (Å²) in [6, 6.07) is 8.34. The first-order valence-corrected chi connectivity index (χ1v) is 15.8. The molecule has 1 spiro atoms. The Morgan fingerprint density at radius 2 is 1.75 bits per heavy atom. The molecule has 5 aliphatic carbocycles. The van der Waals surface area contributed by atoms with Gasteiger partial charge in [0.25, 0.3) is 0 Å². The van der Waals surface area contributed by atoms with E-state index in [1.165, 1.54) is 6.92 Å². The number of benzene rings is 1. The van der Waals surface area contributed by atoms with Crippen LogP contribution in [0, 0.1) is 34.5 Å². The summed E-state index contributed by atoms with van der Waals surface area (Å²) < 4.78 is 31.3. The van der Waals surface area contributed by atoms with Crippen LogP contribution in [-0.2, 0) is 28.5 Å². The van der Waals surface area contributed by atoms with E-state index >= 15 is 0 Å². The smallest absolute Gasteiger partial charge is 0.338 e. The van der Waals surface area contributed by atoms with Crippen molar-refractivity contribution in [2.24, 2.45) is 34.5 Å². The van der Waals surface area contributed by atoms with Gasteiger partial charge in [0.1, 0.15) is 11.7 Å². The summed E-state index contributed by atoms with van der Waals surface area (Å²) in [6.07, 6.45) is -3.66. The normalized spacial score (nSPS) is 49.9. The van der Waals surface area contributed by atoms with Gasteiger partial charge in [0.15, 0.2) is 5.60 Å². The first-order chi connectivity index (χ1) is 21.0. The number of carbonyl (C=O) groups excluding carboxylic acids is 2. The van der Waals surface area contributed by atoms with Gasteiger partial charge in [-0.2, -0.15) is 0 Å². The Kier molecular flexibility index (Phi) is 7.07. The van der Waals surface area contributed by atoms with E-state index in [1.807, 2.05) is 0 Å². The topological polar surface area (TPSA) is 144 Å². The van der Waals surface area contributed by atoms with Gasteiger partial charge < -0.3 is 39.0 Å². The molecule has 1 aliphatic heterocycles. The molecule has 7 rings (SSSR count). The van der Waals surface area contributed by atoms with Gasteiger partial charge >= 0.3 is 11.9 Å². The molecule has 6 fully saturated rings. The maximum absolute atomic E-state index is 13.6. The summed E-state index contributed by atoms with van der Waals surface area (Å²) >= 11 is 0. The molecular formula is C33H45NO10. The Morgan fingerprint density at radius 3 is 2.36 bits per heavy atom. The molecule has 0 radical (unpaired) electrons. The minimum Gasteiger partial charge on any atom is -0.456 e. The van der Waals surface area contributed by atoms with Crippen molar-refractivity contribution in [3.05, 3.63) is 35.9 Å². The molecule has 0 amide bonds. The third-order valence-corrected chi connectivity index (χ3v) is 12.8. The van der Waals surface area contributed by atoms with Crippen molar-refractivity contribution in [3.8, 4) is 0 Å². The Morgan fingerprint density at radius 1 is 1.02 bits per heavy atom. The van der Waals surface area contributed by atoms with Gasteiger partial charge in [-0.25, -0.2) is 4.79 Å². The van der Waals surface area contributed by atoms with Gasteiger partial charge in [-0.05, 0) is 31.0 Å². The number of methoxy groups -OCH3 is 3. The van der Waals surface area contributed by atoms with Gasteiger partial charge in [-0.15, -0.1) is 0 Å². The number of piperidine rings is 1. The second kappa shape index (κ2) is 10.2. The lowest BCUT2D eigenvalue weighted by molar-refractivity contribution is -0.308. The molecule has 3 N–H and O–H groups in total. The average molecular weight is 616 g/mol. The molecule has 1 aromatic rings. The Bertz CT molecular complexity index is 1310. The second-order valence-corrected chi connectivity index (χ2v) is 14.2. The summed E-state index contributed by atoms with van der Waals surface area (Å²) in [4.78, 5) is 29.0. The minimum atomic E-state index is -1.58. The number of hydrogen-bond donors (Lipinski definition) is 3. The fourth-order valence-corrected chi connectivity index (χ4v) is 12.0. The zero-order valence-electron chi connectivity index (χ0n) is 26.0. The predicted octanol–water partition coefficient (Wildman–Crippen LogP) is 1.02. The Labute approximate surface area is 257 Å². The van der Waals surface area contributed by atoms with Gasteiger partial charge in [0.05, 0.1) is 36.6 Å². The molecule has 1 heterocycles. The standard InChI is InChI=1S/C33H45NO10/c1-6-34-15-30(16-40-3)20(36)12-22(41-4)32-19-13-31(39)14-21(37)33(44-17(2)35,24(27(32)34)25(42-5)26(30)32)23(19)28(31)43-29(38)18-10-8-7-9-11-18/h7-11,19-28,36-37,39H,6,12-16H2,1-5H3. The van der Waals surface area contributed by atoms with Crippen molar-refractivity contribution in [2.45, 2.75) is 80.9 Å². The zero-order chi connectivity index (χ0) is 31.4. The maximum Gasteiger partial charge on any atom is 0.338 e. The van der Waals surface area contributed by atoms with E-state index in [2.05, 4.69) is 11.8 Å². The largest absolute Gasteiger partial charge is 0.456 e. The van der Waals surface area contributed by atoms with Crippen molar-refractivity contribution in [1.82, 2.24) is 4.90 Å². The van der Waals surface area contributed by atoms with Crippen LogP contribution >= 0.6 is 0 Å². The third kappa shape index (κ3) is 3.47. The Balaban J connectivity index is 1.50. The van der Waals surface area contributed by atoms with Crippen LogP contribution in [0.5, 0.6) is 0 Å². The number of esters is 2. The van der Waals surface area contributed by atoms with Crippen LogP contribution in [0.25, 0.3) is 0 Å². The minimum absolute atomic E-state index is 0.129. The quantitative estimate of drug-likeness (QED) is 0.361. The number of aliphatic hydroxyl groups excluding tert-OH is 2. The fraction of sp³-hybridized carbons (Fsp3) is 0.758. The molecule has 7 bridgehead atoms. The van der Waals surface area contributed by atoms with Crippen LogP contribution in [0.3, 0.4) is 0 Å². The lowest BCUT2D eigenvalue weighted by Crippen LogP contribution is -2.80. The van der Waals surface area contributed by atoms with Gasteiger partial charge in [-0.1, -0.05) is 25.1 Å². The highest BCUT2D eigenvalue weighted by Crippen LogP contribution is 2.80. The molecule has 0 aromatic heterocycles. The van der Waals surface area contributed by atoms with E-state index < -0.39 is 82.2 Å². The van der Waals surface area contributed by atoms with Gasteiger partial charge in [0.2, 0.25) is 0 Å². The molecule has 11 nitrogen and oxygen atoms in total. The van der Waals surface area contributed by atoms with Crippen LogP contribution in [0.1, 0.15) is 43.5 Å². The molecule has 14 unspecified atom stereocenters. The fourth-order valence-electron chi connectivity index (χ4n) is 12.0. The van der Waals surface area contributed by atoms with Crippen molar-refractivity contribution in [2.75, 3.05) is 41.0 Å². The summed E-state index contributed by atoms with van der Waals surface area (Å²) in [5.41, 5.74) is -4.23. The number of likely N-dealkylation sites (tertiary alicyclic amines) is 1. The SMILES string of the molecule is CCN1CC2(COC)C(O)CC(OC)C34C5CC6(O)CC(O)C(OC(C)=O)(C5C6OC(=O)c5ccccc5)C(C(OC)C23)C14. The molecule has 11 heteroatoms. The summed E-state index contributed by atoms with van der Waals surface area (Å²) in [5.74, 6) is -3.21. The molecule has 242 valence electrons. The average Bonchev–Trinajstić information content (AvgIpc) is 3.36. The van der Waals surface area contributed by atoms with E-state index in [1.54, 1.807) is 51.7 Å². The molecular weight excluding hydrogens is 570 g/mol. The van der Waals surface area contributed by atoms with Crippen LogP contribution in [0.2, 0.25) is 0 Å². The molecule has 6 aliphatic rings. The van der Waals surface area contributed by atoms with Crippen molar-refractivity contribution < 1.29 is 48.6 Å². The first-order valence-electron chi connectivity index (χ1n) is 15.8. The number of ether oxygens (including phenoxy) is 5. The van der Waals surface area contributed by atoms with E-state index in [-0.39, 0.29) is 31.4 Å². The Hall–Kier alpha value is -2.12. The highest BCUT2D eigenvalue weighted by atomic mass is 16.6. The number of hydrogen-bond acceptors (Lipinski definition) is 11. The summed E-state index contributed by atoms with van der Waals surface area (Å²) in [7, 11) is 4.92. The molecule has 1 aromatic carbocycles. The van der Waals surface area contributed by atoms with Gasteiger partial charge in [0, 0.05) is 82.3 Å². The van der Waals surface area contributed by atoms with Crippen LogP contribution < -0.4 is 0 Å².